The fourth-order valence-electron chi connectivity index (χ4n) is 2.58. The van der Waals surface area contributed by atoms with E-state index in [0.29, 0.717) is 5.84 Å². The number of aromatic nitrogens is 1. The first kappa shape index (κ1) is 16.5. The van der Waals surface area contributed by atoms with Gasteiger partial charge in [0.2, 0.25) is 0 Å². The van der Waals surface area contributed by atoms with E-state index in [1.165, 1.54) is 6.08 Å². The van der Waals surface area contributed by atoms with Gasteiger partial charge in [0.05, 0.1) is 0 Å². The molecule has 0 saturated carbocycles. The van der Waals surface area contributed by atoms with Crippen LogP contribution in [0.15, 0.2) is 41.2 Å². The molecule has 120 valence electrons. The van der Waals surface area contributed by atoms with Crippen molar-refractivity contribution in [3.8, 4) is 0 Å². The Hall–Kier alpha value is -1.91. The highest BCUT2D eigenvalue weighted by atomic mass is 19.3. The third kappa shape index (κ3) is 4.29. The fourth-order valence-corrected chi connectivity index (χ4v) is 2.58. The minimum Gasteiger partial charge on any atom is -0.361 e. The van der Waals surface area contributed by atoms with Crippen molar-refractivity contribution in [3.05, 3.63) is 41.9 Å². The van der Waals surface area contributed by atoms with Crippen LogP contribution in [0.4, 0.5) is 8.78 Å². The SMILES string of the molecule is CC/C=C(/C=C(\N=C(C)N1CCCC1)C(F)F)c1ccc[nH]1. The third-order valence-electron chi connectivity index (χ3n) is 3.71. The van der Waals surface area contributed by atoms with Gasteiger partial charge in [-0.05, 0) is 50.0 Å². The maximum atomic E-state index is 13.4. The van der Waals surface area contributed by atoms with Crippen LogP contribution in [0.1, 0.15) is 38.8 Å². The number of nitrogens with one attached hydrogen (secondary N) is 1. The van der Waals surface area contributed by atoms with E-state index in [9.17, 15) is 8.78 Å². The largest absolute Gasteiger partial charge is 0.361 e. The predicted octanol–water partition coefficient (Wildman–Crippen LogP) is 4.47. The molecule has 5 heteroatoms. The van der Waals surface area contributed by atoms with Crippen LogP contribution in [0.2, 0.25) is 0 Å². The molecule has 1 fully saturated rings. The third-order valence-corrected chi connectivity index (χ3v) is 3.71. The van der Waals surface area contributed by atoms with Crippen LogP contribution in [0.5, 0.6) is 0 Å². The van der Waals surface area contributed by atoms with E-state index in [4.69, 9.17) is 0 Å². The Morgan fingerprint density at radius 2 is 2.14 bits per heavy atom. The lowest BCUT2D eigenvalue weighted by Crippen LogP contribution is -2.25. The van der Waals surface area contributed by atoms with Crippen LogP contribution in [0, 0.1) is 0 Å². The van der Waals surface area contributed by atoms with Gasteiger partial charge < -0.3 is 9.88 Å². The summed E-state index contributed by atoms with van der Waals surface area (Å²) in [4.78, 5) is 9.31. The van der Waals surface area contributed by atoms with Gasteiger partial charge in [0.1, 0.15) is 11.5 Å². The Kier molecular flexibility index (Phi) is 5.92. The molecule has 22 heavy (non-hydrogen) atoms. The zero-order valence-electron chi connectivity index (χ0n) is 13.1. The summed E-state index contributed by atoms with van der Waals surface area (Å²) in [5.41, 5.74) is 1.40. The van der Waals surface area contributed by atoms with E-state index in [-0.39, 0.29) is 5.70 Å². The van der Waals surface area contributed by atoms with Crippen LogP contribution in [0.3, 0.4) is 0 Å². The van der Waals surface area contributed by atoms with Crippen molar-refractivity contribution in [2.24, 2.45) is 4.99 Å². The van der Waals surface area contributed by atoms with Gasteiger partial charge in [-0.3, -0.25) is 0 Å². The Bertz CT molecular complexity index is 550. The van der Waals surface area contributed by atoms with E-state index in [0.717, 1.165) is 43.6 Å². The number of aliphatic imine (C=N–C) groups is 1. The molecule has 2 heterocycles. The number of alkyl halides is 2. The minimum atomic E-state index is -2.59. The Balaban J connectivity index is 2.29. The maximum absolute atomic E-state index is 13.4. The van der Waals surface area contributed by atoms with Crippen molar-refractivity contribution in [2.75, 3.05) is 13.1 Å². The molecule has 1 aliphatic rings. The van der Waals surface area contributed by atoms with Gasteiger partial charge in [-0.15, -0.1) is 0 Å². The molecular formula is C17H23F2N3. The quantitative estimate of drug-likeness (QED) is 0.486. The second-order valence-corrected chi connectivity index (χ2v) is 5.37. The van der Waals surface area contributed by atoms with Gasteiger partial charge in [-0.2, -0.15) is 0 Å². The lowest BCUT2D eigenvalue weighted by Gasteiger charge is -2.17. The zero-order chi connectivity index (χ0) is 15.9. The van der Waals surface area contributed by atoms with Crippen molar-refractivity contribution >= 4 is 11.4 Å². The Morgan fingerprint density at radius 3 is 2.68 bits per heavy atom. The molecule has 2 rings (SSSR count). The molecule has 3 nitrogen and oxygen atoms in total. The molecule has 0 spiro atoms. The summed E-state index contributed by atoms with van der Waals surface area (Å²) in [6.07, 6.45) is 5.58. The van der Waals surface area contributed by atoms with Gasteiger partial charge in [-0.25, -0.2) is 13.8 Å². The lowest BCUT2D eigenvalue weighted by atomic mass is 10.1. The van der Waals surface area contributed by atoms with E-state index in [2.05, 4.69) is 14.9 Å². The summed E-state index contributed by atoms with van der Waals surface area (Å²) < 4.78 is 26.7. The molecule has 0 radical (unpaired) electrons. The number of rotatable bonds is 5. The van der Waals surface area contributed by atoms with Crippen LogP contribution in [0.25, 0.3) is 5.57 Å². The predicted molar refractivity (Wildman–Crippen MR) is 87.1 cm³/mol. The molecule has 0 bridgehead atoms. The number of halogens is 2. The molecule has 1 aromatic rings. The average molecular weight is 307 g/mol. The summed E-state index contributed by atoms with van der Waals surface area (Å²) in [6, 6.07) is 3.73. The molecule has 1 aromatic heterocycles. The number of hydrogen-bond donors (Lipinski definition) is 1. The molecule has 0 aromatic carbocycles. The molecular weight excluding hydrogens is 284 g/mol. The van der Waals surface area contributed by atoms with E-state index >= 15 is 0 Å². The zero-order valence-corrected chi connectivity index (χ0v) is 13.1. The number of nitrogens with zero attached hydrogens (tertiary/aromatic N) is 2. The molecule has 0 atom stereocenters. The van der Waals surface area contributed by atoms with Crippen LogP contribution >= 0.6 is 0 Å². The second kappa shape index (κ2) is 7.92. The fraction of sp³-hybridized carbons (Fsp3) is 0.471. The molecule has 1 N–H and O–H groups in total. The Labute approximate surface area is 130 Å². The summed E-state index contributed by atoms with van der Waals surface area (Å²) >= 11 is 0. The smallest absolute Gasteiger partial charge is 0.280 e. The van der Waals surface area contributed by atoms with Gasteiger partial charge >= 0.3 is 0 Å². The molecule has 1 aliphatic heterocycles. The van der Waals surface area contributed by atoms with Crippen molar-refractivity contribution in [3.63, 3.8) is 0 Å². The van der Waals surface area contributed by atoms with Crippen molar-refractivity contribution < 1.29 is 8.78 Å². The lowest BCUT2D eigenvalue weighted by molar-refractivity contribution is 0.188. The first-order valence-electron chi connectivity index (χ1n) is 7.75. The number of likely N-dealkylation sites (tertiary alicyclic amines) is 1. The van der Waals surface area contributed by atoms with Gasteiger partial charge in [0, 0.05) is 25.0 Å². The average Bonchev–Trinajstić information content (AvgIpc) is 3.18. The topological polar surface area (TPSA) is 31.4 Å². The summed E-state index contributed by atoms with van der Waals surface area (Å²) in [5, 5.41) is 0. The first-order chi connectivity index (χ1) is 10.6. The molecule has 0 aliphatic carbocycles. The highest BCUT2D eigenvalue weighted by Gasteiger charge is 2.16. The summed E-state index contributed by atoms with van der Waals surface area (Å²) in [6.45, 7) is 5.59. The van der Waals surface area contributed by atoms with E-state index < -0.39 is 6.43 Å². The molecule has 0 unspecified atom stereocenters. The van der Waals surface area contributed by atoms with Gasteiger partial charge in [0.25, 0.3) is 6.43 Å². The van der Waals surface area contributed by atoms with E-state index in [1.807, 2.05) is 25.1 Å². The standard InChI is InChI=1S/C17H23F2N3/c1-3-7-14(15-8-6-9-20-15)12-16(17(18)19)21-13(2)22-10-4-5-11-22/h6-9,12,17,20H,3-5,10-11H2,1-2H3/b14-7-,16-12-,21-13?. The molecule has 0 amide bonds. The maximum Gasteiger partial charge on any atom is 0.280 e. The number of allylic oxidation sites excluding steroid dienone is 4. The van der Waals surface area contributed by atoms with Crippen LogP contribution in [-0.4, -0.2) is 35.2 Å². The molecule has 1 saturated heterocycles. The van der Waals surface area contributed by atoms with Crippen LogP contribution < -0.4 is 0 Å². The number of hydrogen-bond acceptors (Lipinski definition) is 1. The number of aromatic amines is 1. The van der Waals surface area contributed by atoms with Crippen molar-refractivity contribution in [2.45, 2.75) is 39.5 Å². The number of H-pyrrole nitrogens is 1. The highest BCUT2D eigenvalue weighted by molar-refractivity contribution is 5.82. The monoisotopic (exact) mass is 307 g/mol. The first-order valence-corrected chi connectivity index (χ1v) is 7.75. The Morgan fingerprint density at radius 1 is 1.41 bits per heavy atom. The second-order valence-electron chi connectivity index (χ2n) is 5.37. The van der Waals surface area contributed by atoms with Crippen LogP contribution in [-0.2, 0) is 0 Å². The summed E-state index contributed by atoms with van der Waals surface area (Å²) in [7, 11) is 0. The highest BCUT2D eigenvalue weighted by Crippen LogP contribution is 2.21. The number of amidine groups is 1. The van der Waals surface area contributed by atoms with Gasteiger partial charge in [-0.1, -0.05) is 13.0 Å². The van der Waals surface area contributed by atoms with Crippen molar-refractivity contribution in [1.29, 1.82) is 0 Å². The summed E-state index contributed by atoms with van der Waals surface area (Å²) in [5.74, 6) is 0.673. The normalized spacial score (nSPS) is 17.7. The minimum absolute atomic E-state index is 0.182. The van der Waals surface area contributed by atoms with E-state index in [1.54, 1.807) is 13.1 Å². The van der Waals surface area contributed by atoms with Gasteiger partial charge in [0.15, 0.2) is 0 Å². The van der Waals surface area contributed by atoms with Crippen molar-refractivity contribution in [1.82, 2.24) is 9.88 Å².